The molecule has 1 aliphatic heterocycles. The van der Waals surface area contributed by atoms with Gasteiger partial charge in [-0.2, -0.15) is 0 Å². The summed E-state index contributed by atoms with van der Waals surface area (Å²) in [5.41, 5.74) is 0.589. The minimum absolute atomic E-state index is 0.0985. The number of rotatable bonds is 3. The fourth-order valence-corrected chi connectivity index (χ4v) is 4.64. The second-order valence-corrected chi connectivity index (χ2v) is 8.41. The molecule has 1 amide bonds. The highest BCUT2D eigenvalue weighted by atomic mass is 35.5. The molecule has 2 bridgehead atoms. The Balaban J connectivity index is 1.62. The summed E-state index contributed by atoms with van der Waals surface area (Å²) in [6, 6.07) is 7.50. The highest BCUT2D eigenvalue weighted by Gasteiger charge is 2.50. The maximum absolute atomic E-state index is 12.6. The number of ether oxygens (including phenoxy) is 1. The SMILES string of the molecule is CC1(C)C[C@@H]2C[C@@](C)(CN2C(=O)COc2ccc(Cl)cc2)C1. The molecule has 2 fully saturated rings. The largest absolute Gasteiger partial charge is 0.484 e. The van der Waals surface area contributed by atoms with E-state index in [2.05, 4.69) is 20.8 Å². The van der Waals surface area contributed by atoms with Crippen LogP contribution in [0.4, 0.5) is 0 Å². The van der Waals surface area contributed by atoms with Gasteiger partial charge in [0, 0.05) is 17.6 Å². The molecule has 1 heterocycles. The number of hydrogen-bond acceptors (Lipinski definition) is 2. The van der Waals surface area contributed by atoms with Crippen molar-refractivity contribution in [3.63, 3.8) is 0 Å². The zero-order valence-corrected chi connectivity index (χ0v) is 14.3. The van der Waals surface area contributed by atoms with Crippen molar-refractivity contribution >= 4 is 17.5 Å². The molecule has 120 valence electrons. The van der Waals surface area contributed by atoms with Crippen molar-refractivity contribution in [1.82, 2.24) is 4.90 Å². The number of carbonyl (C=O) groups is 1. The van der Waals surface area contributed by atoms with Crippen molar-refractivity contribution in [3.8, 4) is 5.75 Å². The van der Waals surface area contributed by atoms with Gasteiger partial charge in [-0.1, -0.05) is 32.4 Å². The third-order valence-corrected chi connectivity index (χ3v) is 5.16. The van der Waals surface area contributed by atoms with Crippen LogP contribution in [0.25, 0.3) is 0 Å². The Morgan fingerprint density at radius 1 is 1.27 bits per heavy atom. The van der Waals surface area contributed by atoms with Gasteiger partial charge in [0.2, 0.25) is 0 Å². The van der Waals surface area contributed by atoms with Crippen LogP contribution in [0.15, 0.2) is 24.3 Å². The monoisotopic (exact) mass is 321 g/mol. The molecule has 1 saturated heterocycles. The Morgan fingerprint density at radius 3 is 2.64 bits per heavy atom. The first-order valence-corrected chi connectivity index (χ1v) is 8.32. The van der Waals surface area contributed by atoms with Gasteiger partial charge in [0.15, 0.2) is 6.61 Å². The number of benzene rings is 1. The second-order valence-electron chi connectivity index (χ2n) is 7.98. The van der Waals surface area contributed by atoms with E-state index in [1.54, 1.807) is 24.3 Å². The summed E-state index contributed by atoms with van der Waals surface area (Å²) in [6.07, 6.45) is 3.41. The first-order chi connectivity index (χ1) is 10.3. The molecule has 0 unspecified atom stereocenters. The molecule has 2 atom stereocenters. The van der Waals surface area contributed by atoms with Gasteiger partial charge in [0.1, 0.15) is 5.75 Å². The van der Waals surface area contributed by atoms with E-state index in [0.717, 1.165) is 19.4 Å². The second kappa shape index (κ2) is 5.45. The number of halogens is 1. The van der Waals surface area contributed by atoms with E-state index in [1.807, 2.05) is 4.90 Å². The van der Waals surface area contributed by atoms with Crippen LogP contribution >= 0.6 is 11.6 Å². The minimum Gasteiger partial charge on any atom is -0.484 e. The molecule has 1 aromatic rings. The van der Waals surface area contributed by atoms with E-state index in [4.69, 9.17) is 16.3 Å². The average Bonchev–Trinajstić information content (AvgIpc) is 2.67. The smallest absolute Gasteiger partial charge is 0.260 e. The molecule has 1 aromatic carbocycles. The molecule has 1 aliphatic carbocycles. The lowest BCUT2D eigenvalue weighted by Crippen LogP contribution is -2.40. The maximum atomic E-state index is 12.6. The van der Waals surface area contributed by atoms with E-state index in [9.17, 15) is 4.79 Å². The summed E-state index contributed by atoms with van der Waals surface area (Å²) < 4.78 is 5.62. The molecule has 3 rings (SSSR count). The highest BCUT2D eigenvalue weighted by molar-refractivity contribution is 6.30. The Kier molecular flexibility index (Phi) is 3.88. The first-order valence-electron chi connectivity index (χ1n) is 7.94. The first kappa shape index (κ1) is 15.7. The number of likely N-dealkylation sites (tertiary alicyclic amines) is 1. The molecule has 0 spiro atoms. The summed E-state index contributed by atoms with van der Waals surface area (Å²) in [6.45, 7) is 7.91. The zero-order chi connectivity index (χ0) is 16.0. The molecule has 1 saturated carbocycles. The van der Waals surface area contributed by atoms with Crippen LogP contribution in [-0.2, 0) is 4.79 Å². The van der Waals surface area contributed by atoms with E-state index < -0.39 is 0 Å². The lowest BCUT2D eigenvalue weighted by Gasteiger charge is -2.39. The van der Waals surface area contributed by atoms with Crippen LogP contribution in [0.2, 0.25) is 5.02 Å². The fourth-order valence-electron chi connectivity index (χ4n) is 4.51. The number of hydrogen-bond donors (Lipinski definition) is 0. The fraction of sp³-hybridized carbons (Fsp3) is 0.611. The van der Waals surface area contributed by atoms with Crippen molar-refractivity contribution in [3.05, 3.63) is 29.3 Å². The number of nitrogens with zero attached hydrogens (tertiary/aromatic N) is 1. The van der Waals surface area contributed by atoms with Gasteiger partial charge in [-0.15, -0.1) is 0 Å². The van der Waals surface area contributed by atoms with Crippen molar-refractivity contribution in [2.45, 2.75) is 46.1 Å². The van der Waals surface area contributed by atoms with Crippen LogP contribution in [0, 0.1) is 10.8 Å². The third-order valence-electron chi connectivity index (χ3n) is 4.91. The third kappa shape index (κ3) is 3.24. The van der Waals surface area contributed by atoms with Crippen LogP contribution < -0.4 is 4.74 Å². The molecule has 22 heavy (non-hydrogen) atoms. The summed E-state index contributed by atoms with van der Waals surface area (Å²) in [5, 5.41) is 0.669. The predicted octanol–water partition coefficient (Wildman–Crippen LogP) is 4.15. The van der Waals surface area contributed by atoms with Gasteiger partial charge in [-0.05, 0) is 54.4 Å². The van der Waals surface area contributed by atoms with E-state index >= 15 is 0 Å². The topological polar surface area (TPSA) is 29.5 Å². The molecule has 4 heteroatoms. The summed E-state index contributed by atoms with van der Waals surface area (Å²) in [7, 11) is 0. The molecular formula is C18H24ClNO2. The molecule has 3 nitrogen and oxygen atoms in total. The lowest BCUT2D eigenvalue weighted by molar-refractivity contribution is -0.134. The van der Waals surface area contributed by atoms with E-state index in [0.29, 0.717) is 22.2 Å². The lowest BCUT2D eigenvalue weighted by atomic mass is 9.65. The number of fused-ring (bicyclic) bond motifs is 2. The van der Waals surface area contributed by atoms with Crippen molar-refractivity contribution < 1.29 is 9.53 Å². The summed E-state index contributed by atoms with van der Waals surface area (Å²) in [4.78, 5) is 14.6. The number of carbonyl (C=O) groups excluding carboxylic acids is 1. The normalized spacial score (nSPS) is 29.5. The van der Waals surface area contributed by atoms with Gasteiger partial charge >= 0.3 is 0 Å². The summed E-state index contributed by atoms with van der Waals surface area (Å²) in [5.74, 6) is 0.785. The summed E-state index contributed by atoms with van der Waals surface area (Å²) >= 11 is 5.85. The van der Waals surface area contributed by atoms with Gasteiger partial charge in [0.25, 0.3) is 5.91 Å². The Morgan fingerprint density at radius 2 is 1.95 bits per heavy atom. The Bertz CT molecular complexity index is 569. The van der Waals surface area contributed by atoms with Crippen molar-refractivity contribution in [2.75, 3.05) is 13.2 Å². The average molecular weight is 322 g/mol. The van der Waals surface area contributed by atoms with E-state index in [-0.39, 0.29) is 17.9 Å². The molecule has 0 aromatic heterocycles. The van der Waals surface area contributed by atoms with Gasteiger partial charge < -0.3 is 9.64 Å². The number of amides is 1. The van der Waals surface area contributed by atoms with E-state index in [1.165, 1.54) is 6.42 Å². The maximum Gasteiger partial charge on any atom is 0.260 e. The van der Waals surface area contributed by atoms with Crippen molar-refractivity contribution in [1.29, 1.82) is 0 Å². The Labute approximate surface area is 137 Å². The minimum atomic E-state index is 0.0985. The van der Waals surface area contributed by atoms with Gasteiger partial charge in [0.05, 0.1) is 0 Å². The molecule has 0 N–H and O–H groups in total. The predicted molar refractivity (Wildman–Crippen MR) is 88.2 cm³/mol. The standard InChI is InChI=1S/C18H24ClNO2/c1-17(2)8-14-9-18(3,11-17)12-20(14)16(21)10-22-15-6-4-13(19)5-7-15/h4-7,14H,8-12H2,1-3H3/t14-,18-/m1/s1. The van der Waals surface area contributed by atoms with Crippen LogP contribution in [-0.4, -0.2) is 30.0 Å². The zero-order valence-electron chi connectivity index (χ0n) is 13.6. The molecule has 0 radical (unpaired) electrons. The molecular weight excluding hydrogens is 298 g/mol. The van der Waals surface area contributed by atoms with Crippen LogP contribution in [0.3, 0.4) is 0 Å². The quantitative estimate of drug-likeness (QED) is 0.837. The van der Waals surface area contributed by atoms with Crippen LogP contribution in [0.1, 0.15) is 40.0 Å². The highest BCUT2D eigenvalue weighted by Crippen LogP contribution is 2.52. The van der Waals surface area contributed by atoms with Gasteiger partial charge in [-0.3, -0.25) is 4.79 Å². The molecule has 2 aliphatic rings. The Hall–Kier alpha value is -1.22. The van der Waals surface area contributed by atoms with Gasteiger partial charge in [-0.25, -0.2) is 0 Å². The van der Waals surface area contributed by atoms with Crippen LogP contribution in [0.5, 0.6) is 5.75 Å². The van der Waals surface area contributed by atoms with Crippen molar-refractivity contribution in [2.24, 2.45) is 10.8 Å².